The lowest BCUT2D eigenvalue weighted by Gasteiger charge is -2.09. The van der Waals surface area contributed by atoms with Gasteiger partial charge in [0.2, 0.25) is 0 Å². The van der Waals surface area contributed by atoms with E-state index >= 15 is 0 Å². The van der Waals surface area contributed by atoms with Crippen LogP contribution in [0.4, 0.5) is 4.79 Å². The van der Waals surface area contributed by atoms with Crippen molar-refractivity contribution in [1.82, 2.24) is 4.72 Å². The highest BCUT2D eigenvalue weighted by atomic mass is 32.2. The zero-order valence-corrected chi connectivity index (χ0v) is 10.3. The van der Waals surface area contributed by atoms with Gasteiger partial charge in [-0.05, 0) is 19.1 Å². The molecule has 7 heteroatoms. The highest BCUT2D eigenvalue weighted by molar-refractivity contribution is 7.90. The van der Waals surface area contributed by atoms with Crippen LogP contribution in [-0.4, -0.2) is 28.2 Å². The van der Waals surface area contributed by atoms with Crippen LogP contribution in [0.2, 0.25) is 0 Å². The van der Waals surface area contributed by atoms with Gasteiger partial charge in [-0.15, -0.1) is 0 Å². The third kappa shape index (κ3) is 3.35. The summed E-state index contributed by atoms with van der Waals surface area (Å²) < 4.78 is 34.8. The number of carbonyl (C=O) groups is 1. The number of para-hydroxylation sites is 1. The standard InChI is InChI=1S/C10H13NO5S/c1-3-16-10(12)11-17(13,14)9-7-5-4-6-8(9)15-2/h4-7H,3H2,1-2H3,(H,11,12). The number of hydrogen-bond acceptors (Lipinski definition) is 5. The molecule has 0 aliphatic heterocycles. The maximum atomic E-state index is 11.8. The number of methoxy groups -OCH3 is 1. The van der Waals surface area contributed by atoms with E-state index in [4.69, 9.17) is 4.74 Å². The van der Waals surface area contributed by atoms with Crippen molar-refractivity contribution < 1.29 is 22.7 Å². The lowest BCUT2D eigenvalue weighted by Crippen LogP contribution is -2.31. The summed E-state index contributed by atoms with van der Waals surface area (Å²) in [5.41, 5.74) is 0. The second-order valence-electron chi connectivity index (χ2n) is 2.98. The quantitative estimate of drug-likeness (QED) is 0.876. The molecule has 6 nitrogen and oxygen atoms in total. The van der Waals surface area contributed by atoms with E-state index in [9.17, 15) is 13.2 Å². The van der Waals surface area contributed by atoms with Crippen LogP contribution in [0.25, 0.3) is 0 Å². The van der Waals surface area contributed by atoms with Gasteiger partial charge in [-0.2, -0.15) is 0 Å². The molecule has 0 saturated heterocycles. The molecule has 0 aliphatic rings. The van der Waals surface area contributed by atoms with Crippen LogP contribution in [0.1, 0.15) is 6.92 Å². The first-order chi connectivity index (χ1) is 8.01. The van der Waals surface area contributed by atoms with E-state index in [0.717, 1.165) is 0 Å². The van der Waals surface area contributed by atoms with Gasteiger partial charge < -0.3 is 9.47 Å². The Labute approximate surface area is 99.6 Å². The zero-order valence-electron chi connectivity index (χ0n) is 9.47. The van der Waals surface area contributed by atoms with Crippen molar-refractivity contribution in [3.8, 4) is 5.75 Å². The Balaban J connectivity index is 3.01. The van der Waals surface area contributed by atoms with E-state index in [1.165, 1.54) is 25.3 Å². The fourth-order valence-electron chi connectivity index (χ4n) is 1.17. The molecule has 94 valence electrons. The number of carbonyl (C=O) groups excluding carboxylic acids is 1. The molecule has 1 aromatic rings. The van der Waals surface area contributed by atoms with E-state index in [0.29, 0.717) is 0 Å². The van der Waals surface area contributed by atoms with E-state index in [1.807, 2.05) is 0 Å². The van der Waals surface area contributed by atoms with Crippen molar-refractivity contribution >= 4 is 16.1 Å². The molecule has 0 aromatic heterocycles. The minimum absolute atomic E-state index is 0.0906. The summed E-state index contributed by atoms with van der Waals surface area (Å²) in [4.78, 5) is 11.0. The molecule has 0 unspecified atom stereocenters. The summed E-state index contributed by atoms with van der Waals surface area (Å²) in [5.74, 6) is 0.157. The Bertz CT molecular complexity index is 497. The number of hydrogen-bond donors (Lipinski definition) is 1. The molecule has 0 radical (unpaired) electrons. The molecule has 1 aromatic carbocycles. The fraction of sp³-hybridized carbons (Fsp3) is 0.300. The van der Waals surface area contributed by atoms with E-state index < -0.39 is 16.1 Å². The molecule has 1 N–H and O–H groups in total. The van der Waals surface area contributed by atoms with Crippen LogP contribution in [0.15, 0.2) is 29.2 Å². The number of sulfonamides is 1. The van der Waals surface area contributed by atoms with Crippen LogP contribution in [-0.2, 0) is 14.8 Å². The number of amides is 1. The summed E-state index contributed by atoms with van der Waals surface area (Å²) in [6, 6.07) is 5.98. The second kappa shape index (κ2) is 5.53. The monoisotopic (exact) mass is 259 g/mol. The van der Waals surface area contributed by atoms with Gasteiger partial charge in [-0.3, -0.25) is 0 Å². The molecule has 0 aliphatic carbocycles. The lowest BCUT2D eigenvalue weighted by atomic mass is 10.3. The topological polar surface area (TPSA) is 81.7 Å². The first-order valence-corrected chi connectivity index (χ1v) is 6.32. The van der Waals surface area contributed by atoms with Crippen molar-refractivity contribution in [3.05, 3.63) is 24.3 Å². The predicted octanol–water partition coefficient (Wildman–Crippen LogP) is 1.13. The van der Waals surface area contributed by atoms with Crippen LogP contribution in [0, 0.1) is 0 Å². The van der Waals surface area contributed by atoms with Gasteiger partial charge in [0.05, 0.1) is 13.7 Å². The largest absolute Gasteiger partial charge is 0.495 e. The van der Waals surface area contributed by atoms with Gasteiger partial charge in [-0.25, -0.2) is 17.9 Å². The van der Waals surface area contributed by atoms with Crippen LogP contribution < -0.4 is 9.46 Å². The second-order valence-corrected chi connectivity index (χ2v) is 4.63. The molecule has 0 bridgehead atoms. The number of benzene rings is 1. The SMILES string of the molecule is CCOC(=O)NS(=O)(=O)c1ccccc1OC. The van der Waals surface area contributed by atoms with Crippen molar-refractivity contribution in [2.45, 2.75) is 11.8 Å². The first-order valence-electron chi connectivity index (χ1n) is 4.84. The Morgan fingerprint density at radius 2 is 2.00 bits per heavy atom. The number of rotatable bonds is 4. The maximum absolute atomic E-state index is 11.8. The number of ether oxygens (including phenoxy) is 2. The highest BCUT2D eigenvalue weighted by Crippen LogP contribution is 2.22. The zero-order chi connectivity index (χ0) is 12.9. The van der Waals surface area contributed by atoms with Crippen molar-refractivity contribution in [2.24, 2.45) is 0 Å². The summed E-state index contributed by atoms with van der Waals surface area (Å²) in [5, 5.41) is 0. The average molecular weight is 259 g/mol. The third-order valence-corrected chi connectivity index (χ3v) is 3.20. The van der Waals surface area contributed by atoms with Gasteiger partial charge in [0.15, 0.2) is 0 Å². The van der Waals surface area contributed by atoms with Gasteiger partial charge in [0.25, 0.3) is 10.0 Å². The smallest absolute Gasteiger partial charge is 0.421 e. The maximum Gasteiger partial charge on any atom is 0.421 e. The highest BCUT2D eigenvalue weighted by Gasteiger charge is 2.21. The van der Waals surface area contributed by atoms with E-state index in [1.54, 1.807) is 17.7 Å². The fourth-order valence-corrected chi connectivity index (χ4v) is 2.23. The summed E-state index contributed by atoms with van der Waals surface area (Å²) in [7, 11) is -2.63. The Hall–Kier alpha value is -1.76. The summed E-state index contributed by atoms with van der Waals surface area (Å²) in [6.07, 6.45) is -1.02. The summed E-state index contributed by atoms with van der Waals surface area (Å²) >= 11 is 0. The van der Waals surface area contributed by atoms with E-state index in [-0.39, 0.29) is 17.3 Å². The van der Waals surface area contributed by atoms with Crippen molar-refractivity contribution in [1.29, 1.82) is 0 Å². The predicted molar refractivity (Wildman–Crippen MR) is 60.3 cm³/mol. The lowest BCUT2D eigenvalue weighted by molar-refractivity contribution is 0.158. The molecule has 0 heterocycles. The van der Waals surface area contributed by atoms with Crippen LogP contribution in [0.5, 0.6) is 5.75 Å². The third-order valence-electron chi connectivity index (χ3n) is 1.85. The Morgan fingerprint density at radius 3 is 2.59 bits per heavy atom. The van der Waals surface area contributed by atoms with Gasteiger partial charge in [-0.1, -0.05) is 12.1 Å². The van der Waals surface area contributed by atoms with Crippen LogP contribution in [0.3, 0.4) is 0 Å². The molecule has 0 atom stereocenters. The minimum atomic E-state index is -3.97. The van der Waals surface area contributed by atoms with Gasteiger partial charge in [0, 0.05) is 0 Å². The minimum Gasteiger partial charge on any atom is -0.495 e. The van der Waals surface area contributed by atoms with Crippen molar-refractivity contribution in [3.63, 3.8) is 0 Å². The van der Waals surface area contributed by atoms with Gasteiger partial charge in [0.1, 0.15) is 10.6 Å². The molecule has 17 heavy (non-hydrogen) atoms. The Morgan fingerprint density at radius 1 is 1.35 bits per heavy atom. The Kier molecular flexibility index (Phi) is 4.33. The first kappa shape index (κ1) is 13.3. The molecule has 0 saturated carbocycles. The molecule has 1 rings (SSSR count). The average Bonchev–Trinajstić information content (AvgIpc) is 2.28. The normalized spacial score (nSPS) is 10.7. The number of nitrogens with one attached hydrogen (secondary N) is 1. The molecular formula is C10H13NO5S. The van der Waals surface area contributed by atoms with Gasteiger partial charge >= 0.3 is 6.09 Å². The molecular weight excluding hydrogens is 246 g/mol. The molecule has 0 fully saturated rings. The molecule has 0 spiro atoms. The van der Waals surface area contributed by atoms with Crippen LogP contribution >= 0.6 is 0 Å². The molecule has 1 amide bonds. The summed E-state index contributed by atoms with van der Waals surface area (Å²) in [6.45, 7) is 1.67. The van der Waals surface area contributed by atoms with E-state index in [2.05, 4.69) is 4.74 Å². The van der Waals surface area contributed by atoms with Crippen molar-refractivity contribution in [2.75, 3.05) is 13.7 Å².